The molecule has 11 nitrogen and oxygen atoms in total. The maximum absolute atomic E-state index is 11.8. The van der Waals surface area contributed by atoms with Crippen molar-refractivity contribution in [1.82, 2.24) is 10.6 Å². The number of nitroso groups, excluding NO2 is 1. The number of hydrogen-bond donors (Lipinski definition) is 2. The van der Waals surface area contributed by atoms with E-state index >= 15 is 0 Å². The third-order valence-corrected chi connectivity index (χ3v) is 6.49. The standard InChI is InChI=1S/C24H47N2O5P.C5H10NO3P/c1-2-3-4-5-6-7-8-9-10-13-22(27)25-16-12-11-14-23(28)26-17-19-31-21-20-30-18-15-24(29)32;7-5(10)1-3-9-4-2-6-8/h2-21,32H2,1H3,(H,25,27)(H,26,28);1-4,10H2. The van der Waals surface area contributed by atoms with Crippen LogP contribution in [0.2, 0.25) is 0 Å². The van der Waals surface area contributed by atoms with E-state index in [4.69, 9.17) is 14.2 Å². The van der Waals surface area contributed by atoms with Crippen LogP contribution < -0.4 is 10.6 Å². The fraction of sp³-hybridized carbons (Fsp3) is 0.862. The summed E-state index contributed by atoms with van der Waals surface area (Å²) >= 11 is 0. The monoisotopic (exact) mass is 637 g/mol. The van der Waals surface area contributed by atoms with Crippen LogP contribution in [0.1, 0.15) is 103 Å². The average Bonchev–Trinajstić information content (AvgIpc) is 2.95. The number of nitrogens with zero attached hydrogens (tertiary/aromatic N) is 1. The van der Waals surface area contributed by atoms with E-state index in [9.17, 15) is 24.1 Å². The van der Waals surface area contributed by atoms with Gasteiger partial charge in [-0.15, -0.1) is 0 Å². The molecule has 2 amide bonds. The van der Waals surface area contributed by atoms with Gasteiger partial charge in [0.25, 0.3) is 0 Å². The van der Waals surface area contributed by atoms with Crippen molar-refractivity contribution < 1.29 is 33.4 Å². The zero-order valence-electron chi connectivity index (χ0n) is 25.8. The number of carbonyl (C=O) groups excluding carboxylic acids is 4. The number of unbranched alkanes of at least 4 members (excludes halogenated alkanes) is 9. The summed E-state index contributed by atoms with van der Waals surface area (Å²) in [6, 6.07) is 0. The van der Waals surface area contributed by atoms with Crippen molar-refractivity contribution >= 4 is 41.3 Å². The largest absolute Gasteiger partial charge is 0.379 e. The fourth-order valence-electron chi connectivity index (χ4n) is 3.55. The van der Waals surface area contributed by atoms with E-state index < -0.39 is 0 Å². The Morgan fingerprint density at radius 2 is 1.00 bits per heavy atom. The Balaban J connectivity index is 0. The Morgan fingerprint density at radius 1 is 0.548 bits per heavy atom. The Bertz CT molecular complexity index is 687. The first-order chi connectivity index (χ1) is 20.3. The van der Waals surface area contributed by atoms with Gasteiger partial charge in [0, 0.05) is 38.8 Å². The van der Waals surface area contributed by atoms with Gasteiger partial charge < -0.3 is 24.8 Å². The summed E-state index contributed by atoms with van der Waals surface area (Å²) in [5.41, 5.74) is 0.0455. The summed E-state index contributed by atoms with van der Waals surface area (Å²) in [6.45, 7) is 5.91. The molecule has 13 heteroatoms. The lowest BCUT2D eigenvalue weighted by molar-refractivity contribution is -0.121. The predicted octanol–water partition coefficient (Wildman–Crippen LogP) is 4.70. The summed E-state index contributed by atoms with van der Waals surface area (Å²) in [4.78, 5) is 54.1. The van der Waals surface area contributed by atoms with Gasteiger partial charge in [0.2, 0.25) is 11.8 Å². The van der Waals surface area contributed by atoms with Crippen LogP contribution in [0.3, 0.4) is 0 Å². The van der Waals surface area contributed by atoms with Gasteiger partial charge >= 0.3 is 0 Å². The van der Waals surface area contributed by atoms with Gasteiger partial charge in [0.1, 0.15) is 6.54 Å². The molecule has 2 atom stereocenters. The molecule has 0 rings (SSSR count). The van der Waals surface area contributed by atoms with Gasteiger partial charge in [0.15, 0.2) is 11.0 Å². The number of ether oxygens (including phenoxy) is 3. The minimum atomic E-state index is 0.00447. The molecule has 0 saturated carbocycles. The molecular weight excluding hydrogens is 580 g/mol. The van der Waals surface area contributed by atoms with Gasteiger partial charge in [0.05, 0.1) is 39.6 Å². The summed E-state index contributed by atoms with van der Waals surface area (Å²) in [7, 11) is 4.17. The van der Waals surface area contributed by atoms with Crippen LogP contribution in [0.15, 0.2) is 5.18 Å². The van der Waals surface area contributed by atoms with Crippen molar-refractivity contribution in [3.63, 3.8) is 0 Å². The molecule has 0 saturated heterocycles. The highest BCUT2D eigenvalue weighted by atomic mass is 31.0. The number of hydrogen-bond acceptors (Lipinski definition) is 9. The van der Waals surface area contributed by atoms with Crippen LogP contribution >= 0.6 is 18.5 Å². The van der Waals surface area contributed by atoms with Crippen LogP contribution in [0.25, 0.3) is 0 Å². The minimum Gasteiger partial charge on any atom is -0.379 e. The van der Waals surface area contributed by atoms with E-state index in [2.05, 4.69) is 41.2 Å². The molecule has 0 aromatic heterocycles. The molecule has 0 bridgehead atoms. The number of nitrogens with one attached hydrogen (secondary N) is 2. The van der Waals surface area contributed by atoms with E-state index in [-0.39, 0.29) is 29.4 Å². The first-order valence-electron chi connectivity index (χ1n) is 15.5. The fourth-order valence-corrected chi connectivity index (χ4v) is 3.78. The molecular formula is C29H57N3O8P2. The smallest absolute Gasteiger partial charge is 0.220 e. The average molecular weight is 638 g/mol. The van der Waals surface area contributed by atoms with Crippen molar-refractivity contribution in [3.05, 3.63) is 4.91 Å². The van der Waals surface area contributed by atoms with Crippen molar-refractivity contribution in [1.29, 1.82) is 0 Å². The van der Waals surface area contributed by atoms with E-state index in [0.717, 1.165) is 25.7 Å². The maximum atomic E-state index is 11.8. The Kier molecular flexibility index (Phi) is 36.5. The summed E-state index contributed by atoms with van der Waals surface area (Å²) in [6.07, 6.45) is 14.7. The van der Waals surface area contributed by atoms with Gasteiger partial charge in [-0.2, -0.15) is 4.91 Å². The van der Waals surface area contributed by atoms with Crippen molar-refractivity contribution in [2.24, 2.45) is 5.18 Å². The summed E-state index contributed by atoms with van der Waals surface area (Å²) in [5.74, 6) is 0.128. The summed E-state index contributed by atoms with van der Waals surface area (Å²) in [5, 5.41) is 8.35. The second kappa shape index (κ2) is 35.8. The Labute approximate surface area is 257 Å². The maximum Gasteiger partial charge on any atom is 0.220 e. The van der Waals surface area contributed by atoms with Gasteiger partial charge in [-0.1, -0.05) is 81.9 Å². The van der Waals surface area contributed by atoms with E-state index in [1.165, 1.54) is 44.9 Å². The predicted molar refractivity (Wildman–Crippen MR) is 174 cm³/mol. The molecule has 2 unspecified atom stereocenters. The van der Waals surface area contributed by atoms with Crippen LogP contribution in [-0.4, -0.2) is 82.1 Å². The molecule has 0 aliphatic heterocycles. The Morgan fingerprint density at radius 3 is 1.52 bits per heavy atom. The molecule has 0 heterocycles. The lowest BCUT2D eigenvalue weighted by atomic mass is 10.1. The van der Waals surface area contributed by atoms with Crippen molar-refractivity contribution in [2.45, 2.75) is 103 Å². The Hall–Kier alpha value is -1.38. The second-order valence-electron chi connectivity index (χ2n) is 9.86. The quantitative estimate of drug-likeness (QED) is 0.0654. The highest BCUT2D eigenvalue weighted by molar-refractivity contribution is 7.40. The van der Waals surface area contributed by atoms with E-state index in [1.807, 2.05) is 0 Å². The summed E-state index contributed by atoms with van der Waals surface area (Å²) < 4.78 is 15.5. The van der Waals surface area contributed by atoms with Gasteiger partial charge in [-0.3, -0.25) is 19.2 Å². The van der Waals surface area contributed by atoms with Crippen LogP contribution in [0.5, 0.6) is 0 Å². The minimum absolute atomic E-state index is 0.00447. The normalized spacial score (nSPS) is 10.5. The van der Waals surface area contributed by atoms with Gasteiger partial charge in [-0.25, -0.2) is 0 Å². The molecule has 0 aliphatic carbocycles. The highest BCUT2D eigenvalue weighted by Gasteiger charge is 2.03. The number of amides is 2. The topological polar surface area (TPSA) is 149 Å². The lowest BCUT2D eigenvalue weighted by Gasteiger charge is -2.08. The van der Waals surface area contributed by atoms with Crippen molar-refractivity contribution in [2.75, 3.05) is 59.3 Å². The van der Waals surface area contributed by atoms with Crippen LogP contribution in [0.4, 0.5) is 0 Å². The third kappa shape index (κ3) is 40.8. The SMILES string of the molecule is CCCCCCCCCCCC(=O)NCCCCC(=O)NCCOCCOCCC(=O)P.O=NCCOCCC(=O)P. The molecule has 0 aliphatic rings. The highest BCUT2D eigenvalue weighted by Crippen LogP contribution is 2.10. The van der Waals surface area contributed by atoms with Crippen LogP contribution in [-0.2, 0) is 33.4 Å². The molecule has 0 radical (unpaired) electrons. The molecule has 0 fully saturated rings. The molecule has 0 aromatic carbocycles. The molecule has 246 valence electrons. The number of carbonyl (C=O) groups is 4. The molecule has 42 heavy (non-hydrogen) atoms. The van der Waals surface area contributed by atoms with E-state index in [0.29, 0.717) is 78.4 Å². The molecule has 0 aromatic rings. The van der Waals surface area contributed by atoms with E-state index in [1.54, 1.807) is 0 Å². The third-order valence-electron chi connectivity index (χ3n) is 5.91. The lowest BCUT2D eigenvalue weighted by Crippen LogP contribution is -2.28. The number of rotatable bonds is 30. The molecule has 0 spiro atoms. The zero-order chi connectivity index (χ0) is 31.5. The molecule has 2 N–H and O–H groups in total. The first-order valence-corrected chi connectivity index (χ1v) is 16.6. The first kappa shape index (κ1) is 42.8. The van der Waals surface area contributed by atoms with Crippen molar-refractivity contribution in [3.8, 4) is 0 Å². The zero-order valence-corrected chi connectivity index (χ0v) is 28.1. The van der Waals surface area contributed by atoms with Crippen LogP contribution in [0, 0.1) is 4.91 Å². The van der Waals surface area contributed by atoms with Gasteiger partial charge in [-0.05, 0) is 19.3 Å². The second-order valence-corrected chi connectivity index (χ2v) is 11.1.